The predicted octanol–water partition coefficient (Wildman–Crippen LogP) is 0.268. The van der Waals surface area contributed by atoms with Crippen LogP contribution in [-0.4, -0.2) is 5.75 Å². The fourth-order valence-electron chi connectivity index (χ4n) is 0.137. The number of hydrogen-bond donors (Lipinski definition) is 0. The van der Waals surface area contributed by atoms with Crippen LogP contribution in [0, 0.1) is 0 Å². The molecule has 4 heteroatoms. The van der Waals surface area contributed by atoms with Gasteiger partial charge in [0.15, 0.2) is 0 Å². The summed E-state index contributed by atoms with van der Waals surface area (Å²) in [4.78, 5) is 0. The summed E-state index contributed by atoms with van der Waals surface area (Å²) in [5, 5.41) is 12.1. The Morgan fingerprint density at radius 1 is 1.71 bits per heavy atom. The second kappa shape index (κ2) is 6.23. The zero-order valence-corrected chi connectivity index (χ0v) is 4.86. The van der Waals surface area contributed by atoms with Gasteiger partial charge in [0.1, 0.15) is 0 Å². The molecule has 0 fully saturated rings. The van der Waals surface area contributed by atoms with Gasteiger partial charge in [0.25, 0.3) is 0 Å². The molecular formula is C3H7O3S-. The minimum Gasteiger partial charge on any atom is -0.691 e. The van der Waals surface area contributed by atoms with Crippen LogP contribution in [0.15, 0.2) is 0 Å². The Hall–Kier alpha value is 0.230. The van der Waals surface area contributed by atoms with Gasteiger partial charge in [-0.05, 0) is 6.42 Å². The highest BCUT2D eigenvalue weighted by atomic mass is 32.2. The first-order valence-electron chi connectivity index (χ1n) is 2.00. The van der Waals surface area contributed by atoms with Crippen molar-refractivity contribution in [1.82, 2.24) is 0 Å². The fourth-order valence-corrected chi connectivity index (χ4v) is 0.411. The maximum atomic E-state index is 9.06. The highest BCUT2D eigenvalue weighted by Crippen LogP contribution is 2.01. The first-order chi connectivity index (χ1) is 3.41. The molecule has 0 atom stereocenters. The predicted molar refractivity (Wildman–Crippen MR) is 24.9 cm³/mol. The molecule has 0 bridgehead atoms. The van der Waals surface area contributed by atoms with E-state index in [2.05, 4.69) is 9.37 Å². The van der Waals surface area contributed by atoms with Crippen molar-refractivity contribution in [3.63, 3.8) is 0 Å². The van der Waals surface area contributed by atoms with Gasteiger partial charge in [-0.25, -0.2) is 0 Å². The molecule has 0 aliphatic carbocycles. The Morgan fingerprint density at radius 2 is 2.43 bits per heavy atom. The van der Waals surface area contributed by atoms with Crippen LogP contribution >= 0.6 is 12.0 Å². The molecule has 0 saturated heterocycles. The minimum absolute atomic E-state index is 0.794. The molecule has 0 saturated carbocycles. The van der Waals surface area contributed by atoms with E-state index in [0.29, 0.717) is 0 Å². The SMILES string of the molecule is CCCSOO[O-]. The van der Waals surface area contributed by atoms with Gasteiger partial charge < -0.3 is 5.26 Å². The lowest BCUT2D eigenvalue weighted by Crippen LogP contribution is -2.01. The third-order valence-corrected chi connectivity index (χ3v) is 1.09. The van der Waals surface area contributed by atoms with Crippen LogP contribution in [0.1, 0.15) is 13.3 Å². The lowest BCUT2D eigenvalue weighted by Gasteiger charge is -2.00. The highest BCUT2D eigenvalue weighted by molar-refractivity contribution is 7.94. The van der Waals surface area contributed by atoms with Crippen LogP contribution in [0.3, 0.4) is 0 Å². The highest BCUT2D eigenvalue weighted by Gasteiger charge is 1.79. The average molecular weight is 123 g/mol. The van der Waals surface area contributed by atoms with Crippen molar-refractivity contribution in [3.05, 3.63) is 0 Å². The molecule has 0 aromatic carbocycles. The standard InChI is InChI=1S/C3H8O3S/c1-2-3-7-6-5-4/h4H,2-3H2,1H3/p-1. The van der Waals surface area contributed by atoms with E-state index in [4.69, 9.17) is 5.26 Å². The van der Waals surface area contributed by atoms with Crippen molar-refractivity contribution in [1.29, 1.82) is 0 Å². The van der Waals surface area contributed by atoms with Crippen molar-refractivity contribution in [2.75, 3.05) is 5.75 Å². The Labute approximate surface area is 46.7 Å². The Kier molecular flexibility index (Phi) is 6.43. The smallest absolute Gasteiger partial charge is 0.0305 e. The lowest BCUT2D eigenvalue weighted by molar-refractivity contribution is -0.777. The molecule has 44 valence electrons. The van der Waals surface area contributed by atoms with Gasteiger partial charge in [0.2, 0.25) is 0 Å². The summed E-state index contributed by atoms with van der Waals surface area (Å²) in [5.41, 5.74) is 0. The van der Waals surface area contributed by atoms with Crippen molar-refractivity contribution >= 4 is 12.0 Å². The van der Waals surface area contributed by atoms with Crippen LogP contribution in [0.25, 0.3) is 0 Å². The van der Waals surface area contributed by atoms with Gasteiger partial charge in [-0.15, -0.1) is 0 Å². The van der Waals surface area contributed by atoms with E-state index >= 15 is 0 Å². The van der Waals surface area contributed by atoms with E-state index in [1.165, 1.54) is 0 Å². The van der Waals surface area contributed by atoms with E-state index < -0.39 is 0 Å². The zero-order valence-electron chi connectivity index (χ0n) is 4.05. The molecule has 3 nitrogen and oxygen atoms in total. The first kappa shape index (κ1) is 7.23. The lowest BCUT2D eigenvalue weighted by atomic mass is 10.6. The molecule has 0 rings (SSSR count). The van der Waals surface area contributed by atoms with Crippen molar-refractivity contribution in [3.8, 4) is 0 Å². The molecular weight excluding hydrogens is 116 g/mol. The van der Waals surface area contributed by atoms with Crippen molar-refractivity contribution in [2.45, 2.75) is 13.3 Å². The maximum Gasteiger partial charge on any atom is 0.0305 e. The minimum atomic E-state index is 0.794. The third-order valence-electron chi connectivity index (χ3n) is 0.363. The van der Waals surface area contributed by atoms with Crippen LogP contribution in [0.4, 0.5) is 0 Å². The van der Waals surface area contributed by atoms with Gasteiger partial charge in [0.05, 0.1) is 0 Å². The van der Waals surface area contributed by atoms with Gasteiger partial charge in [0, 0.05) is 17.8 Å². The average Bonchev–Trinajstić information content (AvgIpc) is 1.69. The number of hydrogen-bond acceptors (Lipinski definition) is 4. The summed E-state index contributed by atoms with van der Waals surface area (Å²) in [6, 6.07) is 0. The van der Waals surface area contributed by atoms with Crippen LogP contribution in [0.2, 0.25) is 0 Å². The summed E-state index contributed by atoms with van der Waals surface area (Å²) in [5.74, 6) is 0.794. The van der Waals surface area contributed by atoms with E-state index in [-0.39, 0.29) is 0 Å². The van der Waals surface area contributed by atoms with Gasteiger partial charge >= 0.3 is 0 Å². The first-order valence-corrected chi connectivity index (χ1v) is 2.91. The van der Waals surface area contributed by atoms with E-state index in [1.807, 2.05) is 6.92 Å². The molecule has 0 amide bonds. The summed E-state index contributed by atoms with van der Waals surface area (Å²) in [6.45, 7) is 1.99. The molecule has 7 heavy (non-hydrogen) atoms. The Balaban J connectivity index is 2.45. The topological polar surface area (TPSA) is 41.5 Å². The van der Waals surface area contributed by atoms with Crippen molar-refractivity contribution in [2.24, 2.45) is 0 Å². The van der Waals surface area contributed by atoms with Crippen molar-refractivity contribution < 1.29 is 14.6 Å². The monoisotopic (exact) mass is 123 g/mol. The molecule has 0 N–H and O–H groups in total. The molecule has 0 spiro atoms. The van der Waals surface area contributed by atoms with E-state index in [1.54, 1.807) is 0 Å². The zero-order chi connectivity index (χ0) is 5.54. The summed E-state index contributed by atoms with van der Waals surface area (Å²) < 4.78 is 3.94. The Morgan fingerprint density at radius 3 is 2.86 bits per heavy atom. The van der Waals surface area contributed by atoms with Gasteiger partial charge in [-0.1, -0.05) is 6.92 Å². The Bertz CT molecular complexity index is 29.4. The van der Waals surface area contributed by atoms with Crippen LogP contribution in [0.5, 0.6) is 0 Å². The molecule has 0 unspecified atom stereocenters. The molecule has 0 aromatic rings. The molecule has 0 radical (unpaired) electrons. The third kappa shape index (κ3) is 6.23. The second-order valence-corrected chi connectivity index (χ2v) is 1.74. The molecule has 0 aromatic heterocycles. The van der Waals surface area contributed by atoms with Crippen LogP contribution < -0.4 is 5.26 Å². The summed E-state index contributed by atoms with van der Waals surface area (Å²) in [6.07, 6.45) is 0.980. The molecule has 0 aliphatic rings. The maximum absolute atomic E-state index is 9.06. The molecule has 0 heterocycles. The van der Waals surface area contributed by atoms with E-state index in [9.17, 15) is 0 Å². The fraction of sp³-hybridized carbons (Fsp3) is 1.00. The van der Waals surface area contributed by atoms with E-state index in [0.717, 1.165) is 24.2 Å². The summed E-state index contributed by atoms with van der Waals surface area (Å²) >= 11 is 1.02. The largest absolute Gasteiger partial charge is 0.691 e. The van der Waals surface area contributed by atoms with Crippen LogP contribution in [-0.2, 0) is 9.37 Å². The molecule has 0 aliphatic heterocycles. The summed E-state index contributed by atoms with van der Waals surface area (Å²) in [7, 11) is 0. The normalized spacial score (nSPS) is 9.43. The second-order valence-electron chi connectivity index (χ2n) is 0.958. The number of rotatable bonds is 4. The van der Waals surface area contributed by atoms with Gasteiger partial charge in [-0.3, -0.25) is 5.04 Å². The quantitative estimate of drug-likeness (QED) is 0.233. The van der Waals surface area contributed by atoms with Gasteiger partial charge in [-0.2, -0.15) is 4.33 Å².